The molecule has 0 amide bonds. The van der Waals surface area contributed by atoms with Gasteiger partial charge in [-0.15, -0.1) is 0 Å². The molecule has 2 aliphatic rings. The van der Waals surface area contributed by atoms with Crippen LogP contribution in [0.15, 0.2) is 0 Å². The monoisotopic (exact) mass is 270 g/mol. The summed E-state index contributed by atoms with van der Waals surface area (Å²) in [6.07, 6.45) is 2.80. The third-order valence-corrected chi connectivity index (χ3v) is 5.99. The van der Waals surface area contributed by atoms with Crippen molar-refractivity contribution in [1.82, 2.24) is 10.2 Å². The molecular weight excluding hydrogens is 240 g/mol. The molecule has 0 aromatic carbocycles. The van der Waals surface area contributed by atoms with Gasteiger partial charge < -0.3 is 5.32 Å². The summed E-state index contributed by atoms with van der Waals surface area (Å²) >= 11 is 2.19. The molecule has 2 atom stereocenters. The van der Waals surface area contributed by atoms with E-state index in [1.54, 1.807) is 0 Å². The van der Waals surface area contributed by atoms with Crippen LogP contribution in [-0.2, 0) is 0 Å². The van der Waals surface area contributed by atoms with Crippen molar-refractivity contribution < 1.29 is 0 Å². The van der Waals surface area contributed by atoms with Crippen molar-refractivity contribution in [2.75, 3.05) is 25.4 Å². The minimum absolute atomic E-state index is 0.269. The van der Waals surface area contributed by atoms with Gasteiger partial charge in [-0.2, -0.15) is 11.8 Å². The molecule has 1 N–H and O–H groups in total. The molecule has 2 fully saturated rings. The van der Waals surface area contributed by atoms with Crippen LogP contribution in [0.4, 0.5) is 0 Å². The van der Waals surface area contributed by atoms with E-state index in [9.17, 15) is 0 Å². The van der Waals surface area contributed by atoms with E-state index in [4.69, 9.17) is 0 Å². The van der Waals surface area contributed by atoms with E-state index in [-0.39, 0.29) is 5.54 Å². The van der Waals surface area contributed by atoms with Crippen LogP contribution in [0, 0.1) is 5.92 Å². The Kier molecular flexibility index (Phi) is 4.35. The molecule has 0 aromatic rings. The van der Waals surface area contributed by atoms with Crippen LogP contribution in [0.3, 0.4) is 0 Å². The van der Waals surface area contributed by atoms with Gasteiger partial charge in [-0.3, -0.25) is 4.90 Å². The fourth-order valence-corrected chi connectivity index (χ4v) is 4.74. The first kappa shape index (κ1) is 14.7. The Morgan fingerprint density at radius 2 is 2.06 bits per heavy atom. The minimum atomic E-state index is 0.269. The molecule has 18 heavy (non-hydrogen) atoms. The number of nitrogens with zero attached hydrogens (tertiary/aromatic N) is 1. The lowest BCUT2D eigenvalue weighted by Gasteiger charge is -2.48. The van der Waals surface area contributed by atoms with Gasteiger partial charge in [-0.25, -0.2) is 0 Å². The lowest BCUT2D eigenvalue weighted by atomic mass is 9.91. The maximum atomic E-state index is 3.71. The first-order chi connectivity index (χ1) is 8.31. The van der Waals surface area contributed by atoms with Gasteiger partial charge >= 0.3 is 0 Å². The Morgan fingerprint density at radius 1 is 1.33 bits per heavy atom. The third kappa shape index (κ3) is 3.43. The minimum Gasteiger partial charge on any atom is -0.309 e. The lowest BCUT2D eigenvalue weighted by Crippen LogP contribution is -2.64. The highest BCUT2D eigenvalue weighted by Crippen LogP contribution is 2.39. The molecule has 0 spiro atoms. The van der Waals surface area contributed by atoms with E-state index in [2.05, 4.69) is 56.6 Å². The van der Waals surface area contributed by atoms with Crippen LogP contribution >= 0.6 is 11.8 Å². The highest BCUT2D eigenvalue weighted by Gasteiger charge is 2.39. The molecule has 2 unspecified atom stereocenters. The number of piperazine rings is 1. The average Bonchev–Trinajstić information content (AvgIpc) is 2.62. The fourth-order valence-electron chi connectivity index (χ4n) is 3.41. The van der Waals surface area contributed by atoms with Crippen LogP contribution < -0.4 is 5.32 Å². The summed E-state index contributed by atoms with van der Waals surface area (Å²) < 4.78 is 0.501. The molecule has 0 aliphatic carbocycles. The van der Waals surface area contributed by atoms with E-state index >= 15 is 0 Å². The Labute approximate surface area is 117 Å². The number of hydrogen-bond acceptors (Lipinski definition) is 3. The van der Waals surface area contributed by atoms with E-state index in [1.807, 2.05) is 0 Å². The van der Waals surface area contributed by atoms with Crippen LogP contribution in [0.2, 0.25) is 0 Å². The summed E-state index contributed by atoms with van der Waals surface area (Å²) in [5, 5.41) is 3.71. The van der Waals surface area contributed by atoms with E-state index < -0.39 is 0 Å². The smallest absolute Gasteiger partial charge is 0.0259 e. The predicted molar refractivity (Wildman–Crippen MR) is 82.4 cm³/mol. The highest BCUT2D eigenvalue weighted by atomic mass is 32.2. The van der Waals surface area contributed by atoms with Crippen molar-refractivity contribution in [2.24, 2.45) is 5.92 Å². The molecule has 106 valence electrons. The molecule has 2 heterocycles. The van der Waals surface area contributed by atoms with E-state index in [0.717, 1.165) is 12.5 Å². The number of rotatable bonds is 3. The summed E-state index contributed by atoms with van der Waals surface area (Å²) in [7, 11) is 0. The van der Waals surface area contributed by atoms with Crippen LogP contribution in [0.25, 0.3) is 0 Å². The summed E-state index contributed by atoms with van der Waals surface area (Å²) in [6.45, 7) is 15.5. The largest absolute Gasteiger partial charge is 0.309 e. The van der Waals surface area contributed by atoms with Gasteiger partial charge in [0, 0.05) is 36.0 Å². The zero-order valence-corrected chi connectivity index (χ0v) is 13.6. The first-order valence-electron chi connectivity index (χ1n) is 7.44. The molecule has 3 heteroatoms. The summed E-state index contributed by atoms with van der Waals surface area (Å²) in [4.78, 5) is 2.76. The van der Waals surface area contributed by atoms with Gasteiger partial charge in [-0.05, 0) is 45.3 Å². The van der Waals surface area contributed by atoms with Gasteiger partial charge in [0.25, 0.3) is 0 Å². The fraction of sp³-hybridized carbons (Fsp3) is 1.00. The zero-order valence-electron chi connectivity index (χ0n) is 12.8. The van der Waals surface area contributed by atoms with Gasteiger partial charge in [0.05, 0.1) is 0 Å². The molecule has 0 saturated carbocycles. The second-order valence-electron chi connectivity index (χ2n) is 7.38. The van der Waals surface area contributed by atoms with Crippen molar-refractivity contribution in [3.63, 3.8) is 0 Å². The molecule has 0 radical (unpaired) electrons. The van der Waals surface area contributed by atoms with Crippen molar-refractivity contribution in [3.05, 3.63) is 0 Å². The van der Waals surface area contributed by atoms with Crippen molar-refractivity contribution in [1.29, 1.82) is 0 Å². The van der Waals surface area contributed by atoms with Crippen LogP contribution in [0.5, 0.6) is 0 Å². The Balaban J connectivity index is 2.05. The van der Waals surface area contributed by atoms with Crippen molar-refractivity contribution in [2.45, 2.75) is 63.8 Å². The van der Waals surface area contributed by atoms with Crippen molar-refractivity contribution in [3.8, 4) is 0 Å². The molecular formula is C15H30N2S. The maximum absolute atomic E-state index is 3.71. The zero-order chi connectivity index (χ0) is 13.4. The second-order valence-corrected chi connectivity index (χ2v) is 9.07. The van der Waals surface area contributed by atoms with Gasteiger partial charge in [-0.1, -0.05) is 13.8 Å². The Bertz CT molecular complexity index is 282. The summed E-state index contributed by atoms with van der Waals surface area (Å²) in [5.74, 6) is 2.10. The van der Waals surface area contributed by atoms with E-state index in [1.165, 1.54) is 31.7 Å². The summed E-state index contributed by atoms with van der Waals surface area (Å²) in [5.41, 5.74) is 0.269. The number of nitrogens with one attached hydrogen (secondary N) is 1. The van der Waals surface area contributed by atoms with Crippen molar-refractivity contribution >= 4 is 11.8 Å². The van der Waals surface area contributed by atoms with Gasteiger partial charge in [0.1, 0.15) is 0 Å². The quantitative estimate of drug-likeness (QED) is 0.849. The van der Waals surface area contributed by atoms with Gasteiger partial charge in [0.15, 0.2) is 0 Å². The SMILES string of the molecule is CC(C)C1CNC(C)(C)CN1CC1(C)CCCS1. The average molecular weight is 270 g/mol. The number of thioether (sulfide) groups is 1. The highest BCUT2D eigenvalue weighted by molar-refractivity contribution is 8.00. The van der Waals surface area contributed by atoms with Crippen LogP contribution in [0.1, 0.15) is 47.5 Å². The molecule has 2 rings (SSSR count). The Morgan fingerprint density at radius 3 is 2.61 bits per heavy atom. The summed E-state index contributed by atoms with van der Waals surface area (Å²) in [6, 6.07) is 0.705. The second kappa shape index (κ2) is 5.34. The molecule has 2 nitrogen and oxygen atoms in total. The lowest BCUT2D eigenvalue weighted by molar-refractivity contribution is 0.0617. The molecule has 2 saturated heterocycles. The Hall–Kier alpha value is 0.270. The standard InChI is InChI=1S/C15H30N2S/c1-12(2)13-9-16-14(3,4)10-17(13)11-15(5)7-6-8-18-15/h12-13,16H,6-11H2,1-5H3. The maximum Gasteiger partial charge on any atom is 0.0259 e. The molecule has 0 aromatic heterocycles. The number of hydrogen-bond donors (Lipinski definition) is 1. The third-order valence-electron chi connectivity index (χ3n) is 4.46. The van der Waals surface area contributed by atoms with Crippen LogP contribution in [-0.4, -0.2) is 46.6 Å². The van der Waals surface area contributed by atoms with Gasteiger partial charge in [0.2, 0.25) is 0 Å². The normalized spacial score (nSPS) is 37.3. The first-order valence-corrected chi connectivity index (χ1v) is 8.43. The predicted octanol–water partition coefficient (Wildman–Crippen LogP) is 2.98. The topological polar surface area (TPSA) is 15.3 Å². The van der Waals surface area contributed by atoms with E-state index in [0.29, 0.717) is 10.8 Å². The molecule has 0 bridgehead atoms. The molecule has 2 aliphatic heterocycles.